The number of nitrogens with one attached hydrogen (secondary N) is 1. The van der Waals surface area contributed by atoms with Crippen LogP contribution in [0.3, 0.4) is 0 Å². The lowest BCUT2D eigenvalue weighted by Crippen LogP contribution is -2.44. The Morgan fingerprint density at radius 3 is 2.71 bits per heavy atom. The van der Waals surface area contributed by atoms with Gasteiger partial charge in [0.15, 0.2) is 0 Å². The van der Waals surface area contributed by atoms with Crippen LogP contribution in [-0.4, -0.2) is 42.4 Å². The van der Waals surface area contributed by atoms with E-state index < -0.39 is 11.9 Å². The number of hydrogen-bond donors (Lipinski definition) is 1. The number of methoxy groups -OCH3 is 1. The van der Waals surface area contributed by atoms with Gasteiger partial charge in [0.05, 0.1) is 18.4 Å². The molecular weight excluding hydrogens is 308 g/mol. The highest BCUT2D eigenvalue weighted by molar-refractivity contribution is 6.06. The van der Waals surface area contributed by atoms with Crippen molar-refractivity contribution >= 4 is 23.5 Å². The third-order valence-electron chi connectivity index (χ3n) is 4.34. The minimum Gasteiger partial charge on any atom is -0.465 e. The highest BCUT2D eigenvalue weighted by Crippen LogP contribution is 2.21. The molecule has 0 bridgehead atoms. The molecule has 1 saturated heterocycles. The zero-order valence-electron chi connectivity index (χ0n) is 14.2. The van der Waals surface area contributed by atoms with E-state index in [9.17, 15) is 14.4 Å². The molecule has 1 atom stereocenters. The number of piperidine rings is 1. The van der Waals surface area contributed by atoms with Gasteiger partial charge in [-0.05, 0) is 37.8 Å². The molecule has 1 heterocycles. The molecular formula is C18H24N2O4. The van der Waals surface area contributed by atoms with Crippen molar-refractivity contribution in [2.24, 2.45) is 0 Å². The van der Waals surface area contributed by atoms with Gasteiger partial charge in [0.2, 0.25) is 11.8 Å². The van der Waals surface area contributed by atoms with Crippen LogP contribution in [0.2, 0.25) is 0 Å². The Kier molecular flexibility index (Phi) is 6.35. The zero-order valence-corrected chi connectivity index (χ0v) is 14.2. The molecule has 1 aliphatic rings. The fourth-order valence-electron chi connectivity index (χ4n) is 3.07. The van der Waals surface area contributed by atoms with Crippen molar-refractivity contribution in [2.45, 2.75) is 45.1 Å². The van der Waals surface area contributed by atoms with Gasteiger partial charge in [0.25, 0.3) is 0 Å². The number of hydrogen-bond acceptors (Lipinski definition) is 4. The van der Waals surface area contributed by atoms with Gasteiger partial charge >= 0.3 is 5.97 Å². The maximum absolute atomic E-state index is 12.4. The van der Waals surface area contributed by atoms with Crippen LogP contribution in [0, 0.1) is 0 Å². The maximum Gasteiger partial charge on any atom is 0.339 e. The first-order valence-electron chi connectivity index (χ1n) is 8.33. The molecule has 2 amide bonds. The summed E-state index contributed by atoms with van der Waals surface area (Å²) in [5.74, 6) is -1.11. The Morgan fingerprint density at radius 2 is 2.00 bits per heavy atom. The quantitative estimate of drug-likeness (QED) is 0.664. The summed E-state index contributed by atoms with van der Waals surface area (Å²) in [6, 6.07) is 6.81. The maximum atomic E-state index is 12.4. The highest BCUT2D eigenvalue weighted by atomic mass is 16.5. The first-order valence-corrected chi connectivity index (χ1v) is 8.33. The van der Waals surface area contributed by atoms with Crippen LogP contribution < -0.4 is 5.32 Å². The number of nitrogens with zero attached hydrogens (tertiary/aromatic N) is 1. The van der Waals surface area contributed by atoms with Gasteiger partial charge in [-0.15, -0.1) is 0 Å². The van der Waals surface area contributed by atoms with Crippen LogP contribution in [0.25, 0.3) is 0 Å². The summed E-state index contributed by atoms with van der Waals surface area (Å²) in [5, 5.41) is 2.64. The lowest BCUT2D eigenvalue weighted by atomic mass is 9.99. The molecule has 1 aromatic rings. The van der Waals surface area contributed by atoms with Gasteiger partial charge in [-0.2, -0.15) is 0 Å². The summed E-state index contributed by atoms with van der Waals surface area (Å²) in [4.78, 5) is 38.2. The van der Waals surface area contributed by atoms with E-state index in [0.717, 1.165) is 25.7 Å². The predicted octanol–water partition coefficient (Wildman–Crippen LogP) is 2.59. The monoisotopic (exact) mass is 332 g/mol. The third kappa shape index (κ3) is 4.34. The Balaban J connectivity index is 2.01. The second kappa shape index (κ2) is 8.47. The number of carbonyl (C=O) groups excluding carboxylic acids is 3. The van der Waals surface area contributed by atoms with Crippen LogP contribution in [-0.2, 0) is 14.3 Å². The van der Waals surface area contributed by atoms with Crippen molar-refractivity contribution < 1.29 is 19.1 Å². The Morgan fingerprint density at radius 1 is 1.25 bits per heavy atom. The number of carbonyl (C=O) groups is 3. The SMILES string of the molecule is CCC1CCCCN1C(=O)CC(=O)Nc1ccccc1C(=O)OC. The smallest absolute Gasteiger partial charge is 0.339 e. The second-order valence-corrected chi connectivity index (χ2v) is 5.91. The number of amides is 2. The summed E-state index contributed by atoms with van der Waals surface area (Å²) < 4.78 is 4.70. The van der Waals surface area contributed by atoms with Crippen molar-refractivity contribution in [1.29, 1.82) is 0 Å². The molecule has 0 aliphatic carbocycles. The molecule has 2 rings (SSSR count). The lowest BCUT2D eigenvalue weighted by molar-refractivity contribution is -0.137. The molecule has 6 heteroatoms. The number of anilines is 1. The standard InChI is InChI=1S/C18H24N2O4/c1-3-13-8-6-7-11-20(13)17(22)12-16(21)19-15-10-5-4-9-14(15)18(23)24-2/h4-5,9-10,13H,3,6-8,11-12H2,1-2H3,(H,19,21). The van der Waals surface area contributed by atoms with E-state index in [2.05, 4.69) is 12.2 Å². The first kappa shape index (κ1) is 18.0. The second-order valence-electron chi connectivity index (χ2n) is 5.91. The largest absolute Gasteiger partial charge is 0.465 e. The number of benzene rings is 1. The minimum absolute atomic E-state index is 0.158. The summed E-state index contributed by atoms with van der Waals surface area (Å²) in [6.07, 6.45) is 3.79. The Bertz CT molecular complexity index is 615. The van der Waals surface area contributed by atoms with Crippen molar-refractivity contribution in [3.05, 3.63) is 29.8 Å². The van der Waals surface area contributed by atoms with E-state index in [1.165, 1.54) is 7.11 Å². The first-order chi connectivity index (χ1) is 11.6. The molecule has 130 valence electrons. The topological polar surface area (TPSA) is 75.7 Å². The molecule has 1 unspecified atom stereocenters. The van der Waals surface area contributed by atoms with Gasteiger partial charge in [0.1, 0.15) is 6.42 Å². The van der Waals surface area contributed by atoms with Gasteiger partial charge < -0.3 is 15.0 Å². The molecule has 0 radical (unpaired) electrons. The molecule has 1 fully saturated rings. The fraction of sp³-hybridized carbons (Fsp3) is 0.500. The van der Waals surface area contributed by atoms with E-state index in [4.69, 9.17) is 4.74 Å². The molecule has 1 aromatic carbocycles. The highest BCUT2D eigenvalue weighted by Gasteiger charge is 2.26. The van der Waals surface area contributed by atoms with E-state index >= 15 is 0 Å². The Labute approximate surface area is 142 Å². The van der Waals surface area contributed by atoms with E-state index in [1.807, 2.05) is 4.90 Å². The summed E-state index contributed by atoms with van der Waals surface area (Å²) >= 11 is 0. The van der Waals surface area contributed by atoms with Gasteiger partial charge in [-0.1, -0.05) is 19.1 Å². The zero-order chi connectivity index (χ0) is 17.5. The number of rotatable bonds is 5. The molecule has 1 N–H and O–H groups in total. The fourth-order valence-corrected chi connectivity index (χ4v) is 3.07. The van der Waals surface area contributed by atoms with Crippen LogP contribution in [0.15, 0.2) is 24.3 Å². The van der Waals surface area contributed by atoms with Gasteiger partial charge in [-0.3, -0.25) is 9.59 Å². The molecule has 6 nitrogen and oxygen atoms in total. The van der Waals surface area contributed by atoms with Crippen molar-refractivity contribution in [3.63, 3.8) is 0 Å². The van der Waals surface area contributed by atoms with Crippen molar-refractivity contribution in [1.82, 2.24) is 4.90 Å². The lowest BCUT2D eigenvalue weighted by Gasteiger charge is -2.35. The van der Waals surface area contributed by atoms with Gasteiger partial charge in [0, 0.05) is 12.6 Å². The van der Waals surface area contributed by atoms with Crippen LogP contribution >= 0.6 is 0 Å². The third-order valence-corrected chi connectivity index (χ3v) is 4.34. The van der Waals surface area contributed by atoms with Crippen LogP contribution in [0.5, 0.6) is 0 Å². The number of para-hydroxylation sites is 1. The van der Waals surface area contributed by atoms with E-state index in [1.54, 1.807) is 24.3 Å². The van der Waals surface area contributed by atoms with E-state index in [0.29, 0.717) is 12.2 Å². The summed E-state index contributed by atoms with van der Waals surface area (Å²) in [7, 11) is 1.28. The number of ether oxygens (including phenoxy) is 1. The van der Waals surface area contributed by atoms with Crippen LogP contribution in [0.1, 0.15) is 49.4 Å². The van der Waals surface area contributed by atoms with Crippen LogP contribution in [0.4, 0.5) is 5.69 Å². The van der Waals surface area contributed by atoms with Crippen molar-refractivity contribution in [3.8, 4) is 0 Å². The summed E-state index contributed by atoms with van der Waals surface area (Å²) in [6.45, 7) is 2.77. The van der Waals surface area contributed by atoms with Crippen molar-refractivity contribution in [2.75, 3.05) is 19.0 Å². The number of esters is 1. The van der Waals surface area contributed by atoms with E-state index in [-0.39, 0.29) is 23.9 Å². The minimum atomic E-state index is -0.528. The average molecular weight is 332 g/mol. The molecule has 24 heavy (non-hydrogen) atoms. The number of likely N-dealkylation sites (tertiary alicyclic amines) is 1. The normalized spacial score (nSPS) is 17.2. The summed E-state index contributed by atoms with van der Waals surface area (Å²) in [5.41, 5.74) is 0.623. The molecule has 0 spiro atoms. The Hall–Kier alpha value is -2.37. The van der Waals surface area contributed by atoms with Gasteiger partial charge in [-0.25, -0.2) is 4.79 Å². The molecule has 0 aromatic heterocycles. The molecule has 0 saturated carbocycles. The molecule has 1 aliphatic heterocycles. The predicted molar refractivity (Wildman–Crippen MR) is 90.7 cm³/mol. The average Bonchev–Trinajstić information content (AvgIpc) is 2.61.